The van der Waals surface area contributed by atoms with Gasteiger partial charge in [-0.15, -0.1) is 0 Å². The van der Waals surface area contributed by atoms with Gasteiger partial charge in [0.2, 0.25) is 5.91 Å². The molecule has 0 fully saturated rings. The predicted molar refractivity (Wildman–Crippen MR) is 112 cm³/mol. The maximum Gasteiger partial charge on any atom is 0.336 e. The summed E-state index contributed by atoms with van der Waals surface area (Å²) in [6, 6.07) is 10.9. The third-order valence-electron chi connectivity index (χ3n) is 4.61. The number of hydrogen-bond donors (Lipinski definition) is 1. The molecule has 0 aliphatic heterocycles. The van der Waals surface area contributed by atoms with E-state index in [1.807, 2.05) is 20.8 Å². The Kier molecular flexibility index (Phi) is 5.42. The highest BCUT2D eigenvalue weighted by Crippen LogP contribution is 2.19. The molecular weight excluding hydrogens is 378 g/mol. The smallest absolute Gasteiger partial charge is 0.336 e. The summed E-state index contributed by atoms with van der Waals surface area (Å²) in [4.78, 5) is 39.0. The molecule has 28 heavy (non-hydrogen) atoms. The van der Waals surface area contributed by atoms with Crippen molar-refractivity contribution in [2.75, 3.05) is 0 Å². The van der Waals surface area contributed by atoms with Crippen molar-refractivity contribution in [3.8, 4) is 5.69 Å². The molecule has 0 aliphatic carbocycles. The average molecular weight is 400 g/mol. The van der Waals surface area contributed by atoms with Crippen LogP contribution in [0.3, 0.4) is 0 Å². The molecule has 0 bridgehead atoms. The van der Waals surface area contributed by atoms with Gasteiger partial charge in [0.05, 0.1) is 16.6 Å². The zero-order valence-electron chi connectivity index (χ0n) is 16.2. The Bertz CT molecular complexity index is 1180. The van der Waals surface area contributed by atoms with Crippen LogP contribution in [-0.2, 0) is 4.79 Å². The fraction of sp³-hybridized carbons (Fsp3) is 0.286. The maximum atomic E-state index is 13.3. The summed E-state index contributed by atoms with van der Waals surface area (Å²) >= 11 is 6.21. The lowest BCUT2D eigenvalue weighted by Gasteiger charge is -2.20. The lowest BCUT2D eigenvalue weighted by molar-refractivity contribution is -0.124. The van der Waals surface area contributed by atoms with Crippen LogP contribution >= 0.6 is 11.6 Å². The predicted octanol–water partition coefficient (Wildman–Crippen LogP) is 3.20. The Labute approximate surface area is 167 Å². The highest BCUT2D eigenvalue weighted by molar-refractivity contribution is 6.31. The van der Waals surface area contributed by atoms with Gasteiger partial charge in [0, 0.05) is 11.1 Å². The average Bonchev–Trinajstić information content (AvgIpc) is 2.64. The summed E-state index contributed by atoms with van der Waals surface area (Å²) in [5.41, 5.74) is 0.576. The van der Waals surface area contributed by atoms with Crippen LogP contribution in [0.2, 0.25) is 5.02 Å². The van der Waals surface area contributed by atoms with Crippen molar-refractivity contribution in [3.05, 3.63) is 73.9 Å². The first-order valence-corrected chi connectivity index (χ1v) is 9.43. The minimum atomic E-state index is -0.799. The molecule has 0 unspecified atom stereocenters. The van der Waals surface area contributed by atoms with E-state index in [2.05, 4.69) is 5.32 Å². The number of rotatable bonds is 4. The highest BCUT2D eigenvalue weighted by Gasteiger charge is 2.23. The molecule has 1 aromatic heterocycles. The van der Waals surface area contributed by atoms with Crippen molar-refractivity contribution >= 4 is 28.4 Å². The molecule has 0 saturated heterocycles. The summed E-state index contributed by atoms with van der Waals surface area (Å²) in [6.07, 6.45) is 0. The van der Waals surface area contributed by atoms with E-state index in [1.54, 1.807) is 49.4 Å². The van der Waals surface area contributed by atoms with Crippen LogP contribution < -0.4 is 16.6 Å². The first-order chi connectivity index (χ1) is 13.2. The van der Waals surface area contributed by atoms with Crippen LogP contribution in [0.5, 0.6) is 0 Å². The van der Waals surface area contributed by atoms with Crippen LogP contribution in [0.15, 0.2) is 52.1 Å². The maximum absolute atomic E-state index is 13.3. The van der Waals surface area contributed by atoms with Crippen molar-refractivity contribution in [3.63, 3.8) is 0 Å². The molecule has 0 aliphatic rings. The zero-order chi connectivity index (χ0) is 20.6. The SMILES string of the molecule is Cc1ccc(-n2c(=O)c3ccccc3n([C@@H](C)C(=O)NC(C)C)c2=O)cc1Cl. The third-order valence-corrected chi connectivity index (χ3v) is 5.01. The quantitative estimate of drug-likeness (QED) is 0.732. The third kappa shape index (κ3) is 3.47. The van der Waals surface area contributed by atoms with Gasteiger partial charge in [-0.05, 0) is 57.5 Å². The number of hydrogen-bond acceptors (Lipinski definition) is 3. The normalized spacial score (nSPS) is 12.4. The highest BCUT2D eigenvalue weighted by atomic mass is 35.5. The molecule has 6 nitrogen and oxygen atoms in total. The molecule has 1 heterocycles. The molecule has 1 atom stereocenters. The van der Waals surface area contributed by atoms with Gasteiger partial charge >= 0.3 is 5.69 Å². The Hall–Kier alpha value is -2.86. The zero-order valence-corrected chi connectivity index (χ0v) is 16.9. The van der Waals surface area contributed by atoms with Gasteiger partial charge in [0.15, 0.2) is 0 Å². The molecule has 3 rings (SSSR count). The second-order valence-electron chi connectivity index (χ2n) is 7.08. The fourth-order valence-electron chi connectivity index (χ4n) is 3.13. The molecular formula is C21H22ClN3O3. The van der Waals surface area contributed by atoms with Crippen molar-refractivity contribution in [1.29, 1.82) is 0 Å². The van der Waals surface area contributed by atoms with Crippen molar-refractivity contribution in [2.24, 2.45) is 0 Å². The number of benzene rings is 2. The Morgan fingerprint density at radius 1 is 1.07 bits per heavy atom. The van der Waals surface area contributed by atoms with Crippen LogP contribution in [0, 0.1) is 6.92 Å². The van der Waals surface area contributed by atoms with E-state index < -0.39 is 17.3 Å². The van der Waals surface area contributed by atoms with E-state index in [9.17, 15) is 14.4 Å². The van der Waals surface area contributed by atoms with Crippen LogP contribution in [0.1, 0.15) is 32.4 Å². The summed E-state index contributed by atoms with van der Waals surface area (Å²) in [6.45, 7) is 7.18. The minimum Gasteiger partial charge on any atom is -0.352 e. The summed E-state index contributed by atoms with van der Waals surface area (Å²) in [7, 11) is 0. The standard InChI is InChI=1S/C21H22ClN3O3/c1-12(2)23-19(26)14(4)24-18-8-6-5-7-16(18)20(27)25(21(24)28)15-10-9-13(3)17(22)11-15/h5-12,14H,1-4H3,(H,23,26)/t14-/m0/s1. The molecule has 146 valence electrons. The monoisotopic (exact) mass is 399 g/mol. The van der Waals surface area contributed by atoms with Crippen molar-refractivity contribution in [1.82, 2.24) is 14.5 Å². The van der Waals surface area contributed by atoms with E-state index in [0.717, 1.165) is 10.1 Å². The van der Waals surface area contributed by atoms with E-state index in [0.29, 0.717) is 21.6 Å². The van der Waals surface area contributed by atoms with E-state index >= 15 is 0 Å². The number of nitrogens with one attached hydrogen (secondary N) is 1. The molecule has 0 radical (unpaired) electrons. The second-order valence-corrected chi connectivity index (χ2v) is 7.49. The van der Waals surface area contributed by atoms with E-state index in [-0.39, 0.29) is 11.9 Å². The number of amides is 1. The Morgan fingerprint density at radius 3 is 2.39 bits per heavy atom. The molecule has 7 heteroatoms. The van der Waals surface area contributed by atoms with Gasteiger partial charge < -0.3 is 5.32 Å². The molecule has 1 amide bonds. The lowest BCUT2D eigenvalue weighted by atomic mass is 10.2. The molecule has 0 spiro atoms. The van der Waals surface area contributed by atoms with Gasteiger partial charge in [-0.2, -0.15) is 0 Å². The molecule has 2 aromatic carbocycles. The summed E-state index contributed by atoms with van der Waals surface area (Å²) in [5.74, 6) is -0.297. The first-order valence-electron chi connectivity index (χ1n) is 9.05. The second kappa shape index (κ2) is 7.64. The van der Waals surface area contributed by atoms with Gasteiger partial charge in [-0.25, -0.2) is 9.36 Å². The number of para-hydroxylation sites is 1. The largest absolute Gasteiger partial charge is 0.352 e. The van der Waals surface area contributed by atoms with Gasteiger partial charge in [0.1, 0.15) is 6.04 Å². The van der Waals surface area contributed by atoms with Gasteiger partial charge in [-0.1, -0.05) is 29.8 Å². The van der Waals surface area contributed by atoms with E-state index in [4.69, 9.17) is 11.6 Å². The lowest BCUT2D eigenvalue weighted by Crippen LogP contribution is -2.44. The summed E-state index contributed by atoms with van der Waals surface area (Å²) < 4.78 is 2.41. The molecule has 1 N–H and O–H groups in total. The summed E-state index contributed by atoms with van der Waals surface area (Å²) in [5, 5.41) is 3.62. The number of aromatic nitrogens is 2. The number of carbonyl (C=O) groups is 1. The topological polar surface area (TPSA) is 73.1 Å². The van der Waals surface area contributed by atoms with E-state index in [1.165, 1.54) is 4.57 Å². The van der Waals surface area contributed by atoms with Crippen LogP contribution in [0.25, 0.3) is 16.6 Å². The van der Waals surface area contributed by atoms with Crippen LogP contribution in [0.4, 0.5) is 0 Å². The van der Waals surface area contributed by atoms with Crippen molar-refractivity contribution < 1.29 is 4.79 Å². The first kappa shape index (κ1) is 19.9. The minimum absolute atomic E-state index is 0.0706. The van der Waals surface area contributed by atoms with Crippen LogP contribution in [-0.4, -0.2) is 21.1 Å². The Morgan fingerprint density at radius 2 is 1.75 bits per heavy atom. The number of aryl methyl sites for hydroxylation is 1. The van der Waals surface area contributed by atoms with Crippen molar-refractivity contribution in [2.45, 2.75) is 39.8 Å². The fourth-order valence-corrected chi connectivity index (χ4v) is 3.30. The number of fused-ring (bicyclic) bond motifs is 1. The Balaban J connectivity index is 2.35. The van der Waals surface area contributed by atoms with Gasteiger partial charge in [-0.3, -0.25) is 14.2 Å². The molecule has 3 aromatic rings. The molecule has 0 saturated carbocycles. The number of halogens is 1. The number of nitrogens with zero attached hydrogens (tertiary/aromatic N) is 2. The number of carbonyl (C=O) groups excluding carboxylic acids is 1. The van der Waals surface area contributed by atoms with Gasteiger partial charge in [0.25, 0.3) is 5.56 Å².